The van der Waals surface area contributed by atoms with Crippen molar-refractivity contribution in [2.75, 3.05) is 26.7 Å². The second kappa shape index (κ2) is 14.7. The lowest BCUT2D eigenvalue weighted by atomic mass is 10.2. The normalized spacial score (nSPS) is 11.2. The first-order valence-corrected chi connectivity index (χ1v) is 12.2. The molecule has 1 aromatic heterocycles. The van der Waals surface area contributed by atoms with Crippen molar-refractivity contribution >= 4 is 34.4 Å². The Morgan fingerprint density at radius 2 is 1.66 bits per heavy atom. The summed E-state index contributed by atoms with van der Waals surface area (Å²) in [5.41, 5.74) is 1.79. The molecule has 0 aliphatic heterocycles. The molecule has 9 nitrogen and oxygen atoms in total. The molecular weight excluding hydrogens is 542 g/mol. The topological polar surface area (TPSA) is 112 Å². The van der Waals surface area contributed by atoms with Gasteiger partial charge in [0.2, 0.25) is 0 Å². The summed E-state index contributed by atoms with van der Waals surface area (Å²) in [7, 11) is -0.737. The van der Waals surface area contributed by atoms with E-state index in [2.05, 4.69) is 17.8 Å². The number of pyridine rings is 1. The van der Waals surface area contributed by atoms with E-state index in [1.54, 1.807) is 0 Å². The highest BCUT2D eigenvalue weighted by Crippen LogP contribution is 2.30. The number of benzene rings is 2. The number of halogens is 3. The average Bonchev–Trinajstić information content (AvgIpc) is 2.94. The minimum Gasteiger partial charge on any atom is -0.451 e. The van der Waals surface area contributed by atoms with Crippen LogP contribution in [0.1, 0.15) is 10.4 Å². The monoisotopic (exact) mass is 564 g/mol. The minimum absolute atomic E-state index is 0.00826. The predicted octanol–water partition coefficient (Wildman–Crippen LogP) is 3.66. The molecule has 13 heteroatoms. The maximum absolute atomic E-state index is 14.7. The van der Waals surface area contributed by atoms with Crippen molar-refractivity contribution in [3.63, 3.8) is 0 Å². The zero-order valence-corrected chi connectivity index (χ0v) is 21.6. The summed E-state index contributed by atoms with van der Waals surface area (Å²) in [5, 5.41) is 9.30. The van der Waals surface area contributed by atoms with Gasteiger partial charge < -0.3 is 9.64 Å². The number of rotatable bonds is 10. The van der Waals surface area contributed by atoms with Gasteiger partial charge in [0, 0.05) is 43.1 Å². The lowest BCUT2D eigenvalue weighted by Gasteiger charge is -2.24. The number of ether oxygens (including phenoxy) is 1. The van der Waals surface area contributed by atoms with Crippen LogP contribution in [0.3, 0.4) is 0 Å². The molecule has 0 fully saturated rings. The molecule has 3 rings (SSSR count). The van der Waals surface area contributed by atoms with E-state index in [0.29, 0.717) is 10.6 Å². The molecule has 38 heavy (non-hydrogen) atoms. The minimum atomic E-state index is -2.24. The first kappa shape index (κ1) is 30.3. The Kier molecular flexibility index (Phi) is 11.8. The molecule has 1 heterocycles. The van der Waals surface area contributed by atoms with Gasteiger partial charge in [0.25, 0.3) is 11.8 Å². The average molecular weight is 565 g/mol. The number of terminal acetylenes is 1. The van der Waals surface area contributed by atoms with Crippen LogP contribution in [0.5, 0.6) is 11.5 Å². The number of aromatic nitrogens is 1. The van der Waals surface area contributed by atoms with Crippen LogP contribution in [0.4, 0.5) is 8.78 Å². The summed E-state index contributed by atoms with van der Waals surface area (Å²) >= 11 is 5.79. The molecule has 1 atom stereocenters. The number of hydroxylamine groups is 1. The van der Waals surface area contributed by atoms with Gasteiger partial charge in [-0.3, -0.25) is 19.8 Å². The number of amides is 2. The van der Waals surface area contributed by atoms with Crippen LogP contribution in [0.15, 0.2) is 65.8 Å². The van der Waals surface area contributed by atoms with Gasteiger partial charge in [-0.1, -0.05) is 11.6 Å². The molecule has 0 aliphatic carbocycles. The zero-order chi connectivity index (χ0) is 28.2. The smallest absolute Gasteiger partial charge is 0.258 e. The number of likely N-dealkylation sites (N-methyl/N-ethyl adjacent to an activating group) is 1. The van der Waals surface area contributed by atoms with Gasteiger partial charge in [-0.25, -0.2) is 22.8 Å². The van der Waals surface area contributed by atoms with Crippen LogP contribution in [-0.2, 0) is 15.8 Å². The van der Waals surface area contributed by atoms with Gasteiger partial charge in [0.1, 0.15) is 16.7 Å². The summed E-state index contributed by atoms with van der Waals surface area (Å²) in [6.07, 6.45) is 10.9. The number of nitrogens with one attached hydrogen (secondary N) is 1. The third-order valence-corrected chi connectivity index (χ3v) is 6.52. The molecule has 2 N–H and O–H groups in total. The van der Waals surface area contributed by atoms with Crippen LogP contribution >= 0.6 is 11.6 Å². The Hall–Kier alpha value is -3.89. The van der Waals surface area contributed by atoms with E-state index in [1.165, 1.54) is 66.2 Å². The molecule has 0 spiro atoms. The molecule has 2 aromatic carbocycles. The SMILES string of the molecule is C#C.CN(CCN(CC(=O)NO)S(=O)c1cc(F)c(Oc2ccc(Cl)cc2)c(F)c1)C(=O)c1ccncc1. The molecule has 200 valence electrons. The predicted molar refractivity (Wildman–Crippen MR) is 137 cm³/mol. The Bertz CT molecular complexity index is 1270. The molecular formula is C25H23ClF2N4O5S. The van der Waals surface area contributed by atoms with E-state index < -0.39 is 40.8 Å². The van der Waals surface area contributed by atoms with Crippen molar-refractivity contribution in [1.29, 1.82) is 0 Å². The van der Waals surface area contributed by atoms with Crippen molar-refractivity contribution in [3.8, 4) is 24.3 Å². The van der Waals surface area contributed by atoms with Gasteiger partial charge in [-0.15, -0.1) is 12.8 Å². The molecule has 1 unspecified atom stereocenters. The van der Waals surface area contributed by atoms with Gasteiger partial charge in [0.05, 0.1) is 11.4 Å². The summed E-state index contributed by atoms with van der Waals surface area (Å²) in [4.78, 5) is 29.2. The maximum atomic E-state index is 14.7. The fraction of sp³-hybridized carbons (Fsp3) is 0.160. The quantitative estimate of drug-likeness (QED) is 0.221. The van der Waals surface area contributed by atoms with Gasteiger partial charge >= 0.3 is 0 Å². The highest BCUT2D eigenvalue weighted by Gasteiger charge is 2.24. The van der Waals surface area contributed by atoms with E-state index in [9.17, 15) is 22.6 Å². The fourth-order valence-corrected chi connectivity index (χ4v) is 4.31. The van der Waals surface area contributed by atoms with Crippen LogP contribution < -0.4 is 10.2 Å². The zero-order valence-electron chi connectivity index (χ0n) is 20.0. The van der Waals surface area contributed by atoms with E-state index >= 15 is 0 Å². The van der Waals surface area contributed by atoms with Crippen LogP contribution in [0.2, 0.25) is 5.02 Å². The van der Waals surface area contributed by atoms with Crippen LogP contribution in [0, 0.1) is 24.5 Å². The summed E-state index contributed by atoms with van der Waals surface area (Å²) in [6.45, 7) is -0.694. The van der Waals surface area contributed by atoms with Gasteiger partial charge in [-0.05, 0) is 48.5 Å². The Morgan fingerprint density at radius 3 is 2.21 bits per heavy atom. The van der Waals surface area contributed by atoms with Crippen molar-refractivity contribution in [3.05, 3.63) is 83.1 Å². The number of carbonyl (C=O) groups is 2. The second-order valence-electron chi connectivity index (χ2n) is 7.38. The third kappa shape index (κ3) is 8.32. The lowest BCUT2D eigenvalue weighted by molar-refractivity contribution is -0.129. The highest BCUT2D eigenvalue weighted by molar-refractivity contribution is 7.82. The van der Waals surface area contributed by atoms with E-state index in [0.717, 1.165) is 16.4 Å². The number of hydrogen-bond donors (Lipinski definition) is 2. The number of hydrogen-bond acceptors (Lipinski definition) is 6. The maximum Gasteiger partial charge on any atom is 0.258 e. The number of nitrogens with zero attached hydrogens (tertiary/aromatic N) is 3. The Labute approximate surface area is 225 Å². The van der Waals surface area contributed by atoms with Crippen molar-refractivity contribution < 1.29 is 32.5 Å². The second-order valence-corrected chi connectivity index (χ2v) is 9.30. The third-order valence-electron chi connectivity index (χ3n) is 4.84. The van der Waals surface area contributed by atoms with Crippen LogP contribution in [0.25, 0.3) is 0 Å². The standard InChI is InChI=1S/C23H21ClF2N4O5S.C2H2/c1-29(23(32)15-6-8-27-9-7-15)10-11-30(14-21(31)28-33)36(34)18-12-19(25)22(20(26)13-18)35-17-4-2-16(24)3-5-17;1-2/h2-9,12-13,33H,10-11,14H2,1H3,(H,28,31);1-2H. The lowest BCUT2D eigenvalue weighted by Crippen LogP contribution is -2.42. The summed E-state index contributed by atoms with van der Waals surface area (Å²) < 4.78 is 48.9. The van der Waals surface area contributed by atoms with Crippen molar-refractivity contribution in [2.24, 2.45) is 0 Å². The van der Waals surface area contributed by atoms with Gasteiger partial charge in [0.15, 0.2) is 17.4 Å². The highest BCUT2D eigenvalue weighted by atomic mass is 35.5. The van der Waals surface area contributed by atoms with Crippen molar-refractivity contribution in [2.45, 2.75) is 4.90 Å². The first-order chi connectivity index (χ1) is 18.2. The Morgan fingerprint density at radius 1 is 1.08 bits per heavy atom. The van der Waals surface area contributed by atoms with Gasteiger partial charge in [-0.2, -0.15) is 0 Å². The van der Waals surface area contributed by atoms with Crippen molar-refractivity contribution in [1.82, 2.24) is 19.7 Å². The largest absolute Gasteiger partial charge is 0.451 e. The summed E-state index contributed by atoms with van der Waals surface area (Å²) in [5.74, 6) is -4.07. The molecule has 0 saturated heterocycles. The molecule has 0 radical (unpaired) electrons. The molecule has 0 aliphatic rings. The van der Waals surface area contributed by atoms with E-state index in [4.69, 9.17) is 21.5 Å². The molecule has 3 aromatic rings. The van der Waals surface area contributed by atoms with Crippen LogP contribution in [-0.4, -0.2) is 62.1 Å². The number of carbonyl (C=O) groups excluding carboxylic acids is 2. The first-order valence-electron chi connectivity index (χ1n) is 10.7. The molecule has 2 amide bonds. The molecule has 0 saturated carbocycles. The van der Waals surface area contributed by atoms with E-state index in [1.807, 2.05) is 0 Å². The van der Waals surface area contributed by atoms with E-state index in [-0.39, 0.29) is 29.6 Å². The summed E-state index contributed by atoms with van der Waals surface area (Å²) in [6, 6.07) is 10.5. The fourth-order valence-electron chi connectivity index (χ4n) is 3.00. The molecule has 0 bridgehead atoms. The Balaban J connectivity index is 0.00000247.